The van der Waals surface area contributed by atoms with Gasteiger partial charge in [0.1, 0.15) is 11.5 Å². The standard InChI is InChI=1S/C26H24O2S/c1-4-6-10-19(5-2)29-25-16-22-21(15-24(25)28-3)23(27)14-18-13-12-17-9-7-8-11-20(17)26(18)22/h4-11,14-16,27H,2,12-13H2,1,3H3/b6-4-,19-10+. The average molecular weight is 401 g/mol. The number of ether oxygens (including phenoxy) is 1. The summed E-state index contributed by atoms with van der Waals surface area (Å²) in [5.74, 6) is 1.05. The van der Waals surface area contributed by atoms with Crippen LogP contribution in [0.4, 0.5) is 0 Å². The van der Waals surface area contributed by atoms with E-state index >= 15 is 0 Å². The van der Waals surface area contributed by atoms with Gasteiger partial charge in [0.2, 0.25) is 0 Å². The lowest BCUT2D eigenvalue weighted by Gasteiger charge is -2.23. The molecule has 146 valence electrons. The van der Waals surface area contributed by atoms with Crippen molar-refractivity contribution in [2.24, 2.45) is 0 Å². The number of aryl methyl sites for hydroxylation is 2. The Labute approximate surface area is 176 Å². The third kappa shape index (κ3) is 3.58. The molecule has 0 atom stereocenters. The Morgan fingerprint density at radius 3 is 2.66 bits per heavy atom. The fraction of sp³-hybridized carbons (Fsp3) is 0.154. The molecule has 1 aliphatic carbocycles. The molecule has 0 unspecified atom stereocenters. The highest BCUT2D eigenvalue weighted by Gasteiger charge is 2.22. The molecule has 0 aliphatic heterocycles. The highest BCUT2D eigenvalue weighted by Crippen LogP contribution is 2.46. The highest BCUT2D eigenvalue weighted by atomic mass is 32.2. The molecule has 29 heavy (non-hydrogen) atoms. The first-order valence-electron chi connectivity index (χ1n) is 9.74. The average Bonchev–Trinajstić information content (AvgIpc) is 2.75. The van der Waals surface area contributed by atoms with Crippen LogP contribution in [0.3, 0.4) is 0 Å². The summed E-state index contributed by atoms with van der Waals surface area (Å²) in [6.07, 6.45) is 9.81. The van der Waals surface area contributed by atoms with E-state index in [2.05, 4.69) is 36.9 Å². The van der Waals surface area contributed by atoms with E-state index in [4.69, 9.17) is 4.74 Å². The number of aromatic hydroxyl groups is 1. The summed E-state index contributed by atoms with van der Waals surface area (Å²) >= 11 is 1.62. The first kappa shape index (κ1) is 19.4. The number of hydrogen-bond acceptors (Lipinski definition) is 3. The van der Waals surface area contributed by atoms with Gasteiger partial charge in [0, 0.05) is 10.3 Å². The van der Waals surface area contributed by atoms with Gasteiger partial charge in [-0.2, -0.15) is 0 Å². The molecule has 0 radical (unpaired) electrons. The number of methoxy groups -OCH3 is 1. The molecule has 3 aromatic rings. The van der Waals surface area contributed by atoms with Gasteiger partial charge in [-0.1, -0.05) is 60.8 Å². The zero-order chi connectivity index (χ0) is 20.4. The molecule has 0 heterocycles. The van der Waals surface area contributed by atoms with Gasteiger partial charge in [-0.3, -0.25) is 0 Å². The van der Waals surface area contributed by atoms with Crippen molar-refractivity contribution in [3.05, 3.63) is 89.4 Å². The van der Waals surface area contributed by atoms with Gasteiger partial charge >= 0.3 is 0 Å². The van der Waals surface area contributed by atoms with Crippen molar-refractivity contribution in [1.82, 2.24) is 0 Å². The molecule has 0 aromatic heterocycles. The fourth-order valence-electron chi connectivity index (χ4n) is 3.93. The molecule has 0 saturated heterocycles. The van der Waals surface area contributed by atoms with Crippen LogP contribution in [0.15, 0.2) is 83.1 Å². The maximum absolute atomic E-state index is 10.7. The molecule has 0 saturated carbocycles. The van der Waals surface area contributed by atoms with Crippen LogP contribution in [0.5, 0.6) is 11.5 Å². The molecular formula is C26H24O2S. The number of thioether (sulfide) groups is 1. The van der Waals surface area contributed by atoms with Gasteiger partial charge in [0.25, 0.3) is 0 Å². The number of allylic oxidation sites excluding steroid dienone is 4. The van der Waals surface area contributed by atoms with E-state index in [1.807, 2.05) is 43.4 Å². The second-order valence-corrected chi connectivity index (χ2v) is 8.15. The summed E-state index contributed by atoms with van der Waals surface area (Å²) in [6.45, 7) is 5.93. The lowest BCUT2D eigenvalue weighted by atomic mass is 9.82. The van der Waals surface area contributed by atoms with Crippen molar-refractivity contribution in [2.45, 2.75) is 24.7 Å². The minimum absolute atomic E-state index is 0.307. The van der Waals surface area contributed by atoms with E-state index in [0.29, 0.717) is 5.75 Å². The van der Waals surface area contributed by atoms with Crippen LogP contribution in [-0.4, -0.2) is 12.2 Å². The van der Waals surface area contributed by atoms with E-state index in [9.17, 15) is 5.11 Å². The van der Waals surface area contributed by atoms with Crippen molar-refractivity contribution in [3.8, 4) is 22.6 Å². The van der Waals surface area contributed by atoms with Crippen molar-refractivity contribution in [2.75, 3.05) is 7.11 Å². The summed E-state index contributed by atoms with van der Waals surface area (Å²) in [5.41, 5.74) is 5.04. The van der Waals surface area contributed by atoms with Gasteiger partial charge < -0.3 is 9.84 Å². The first-order chi connectivity index (χ1) is 14.2. The van der Waals surface area contributed by atoms with Gasteiger partial charge in [0.15, 0.2) is 0 Å². The predicted octanol–water partition coefficient (Wildman–Crippen LogP) is 7.06. The van der Waals surface area contributed by atoms with Crippen LogP contribution in [-0.2, 0) is 12.8 Å². The fourth-order valence-corrected chi connectivity index (χ4v) is 4.84. The lowest BCUT2D eigenvalue weighted by Crippen LogP contribution is -2.04. The molecule has 0 amide bonds. The van der Waals surface area contributed by atoms with E-state index in [1.165, 1.54) is 22.3 Å². The van der Waals surface area contributed by atoms with Crippen LogP contribution in [0, 0.1) is 0 Å². The summed E-state index contributed by atoms with van der Waals surface area (Å²) < 4.78 is 5.66. The Kier molecular flexibility index (Phi) is 5.50. The monoisotopic (exact) mass is 400 g/mol. The largest absolute Gasteiger partial charge is 0.507 e. The second-order valence-electron chi connectivity index (χ2n) is 7.04. The molecular weight excluding hydrogens is 376 g/mol. The van der Waals surface area contributed by atoms with Gasteiger partial charge in [-0.25, -0.2) is 0 Å². The van der Waals surface area contributed by atoms with Crippen LogP contribution in [0.2, 0.25) is 0 Å². The predicted molar refractivity (Wildman–Crippen MR) is 124 cm³/mol. The second kappa shape index (κ2) is 8.22. The Bertz CT molecular complexity index is 1160. The molecule has 1 N–H and O–H groups in total. The number of phenolic OH excluding ortho intramolecular Hbond substituents is 1. The topological polar surface area (TPSA) is 29.5 Å². The number of hydrogen-bond donors (Lipinski definition) is 1. The van der Waals surface area contributed by atoms with Gasteiger partial charge in [-0.05, 0) is 71.7 Å². The van der Waals surface area contributed by atoms with Crippen molar-refractivity contribution >= 4 is 22.5 Å². The Balaban J connectivity index is 1.97. The van der Waals surface area contributed by atoms with E-state index in [-0.39, 0.29) is 0 Å². The SMILES string of the molecule is C=C/C(=C\C=C/C)Sc1cc2c3c(cc(O)c2cc1OC)CCc1ccccc1-3. The van der Waals surface area contributed by atoms with Crippen molar-refractivity contribution in [1.29, 1.82) is 0 Å². The number of phenols is 1. The Morgan fingerprint density at radius 1 is 1.10 bits per heavy atom. The molecule has 0 bridgehead atoms. The molecule has 0 spiro atoms. The van der Waals surface area contributed by atoms with Crippen molar-refractivity contribution < 1.29 is 9.84 Å². The highest BCUT2D eigenvalue weighted by molar-refractivity contribution is 8.03. The van der Waals surface area contributed by atoms with E-state index in [1.54, 1.807) is 18.9 Å². The Hall–Kier alpha value is -2.91. The summed E-state index contributed by atoms with van der Waals surface area (Å²) in [4.78, 5) is 2.04. The third-order valence-electron chi connectivity index (χ3n) is 5.31. The number of fused-ring (bicyclic) bond motifs is 5. The first-order valence-corrected chi connectivity index (χ1v) is 10.6. The zero-order valence-electron chi connectivity index (χ0n) is 16.7. The normalized spacial score (nSPS) is 13.4. The van der Waals surface area contributed by atoms with E-state index < -0.39 is 0 Å². The van der Waals surface area contributed by atoms with E-state index in [0.717, 1.165) is 39.2 Å². The Morgan fingerprint density at radius 2 is 1.90 bits per heavy atom. The van der Waals surface area contributed by atoms with Crippen LogP contribution in [0.1, 0.15) is 18.1 Å². The molecule has 4 rings (SSSR count). The minimum atomic E-state index is 0.307. The lowest BCUT2D eigenvalue weighted by molar-refractivity contribution is 0.405. The van der Waals surface area contributed by atoms with Crippen LogP contribution < -0.4 is 4.74 Å². The molecule has 0 fully saturated rings. The zero-order valence-corrected chi connectivity index (χ0v) is 17.6. The molecule has 2 nitrogen and oxygen atoms in total. The smallest absolute Gasteiger partial charge is 0.133 e. The van der Waals surface area contributed by atoms with Crippen molar-refractivity contribution in [3.63, 3.8) is 0 Å². The van der Waals surface area contributed by atoms with Gasteiger partial charge in [0.05, 0.1) is 12.0 Å². The summed E-state index contributed by atoms with van der Waals surface area (Å²) in [6, 6.07) is 14.6. The minimum Gasteiger partial charge on any atom is -0.507 e. The maximum Gasteiger partial charge on any atom is 0.133 e. The third-order valence-corrected chi connectivity index (χ3v) is 6.39. The maximum atomic E-state index is 10.7. The summed E-state index contributed by atoms with van der Waals surface area (Å²) in [7, 11) is 1.67. The molecule has 3 aromatic carbocycles. The summed E-state index contributed by atoms with van der Waals surface area (Å²) in [5, 5.41) is 12.6. The molecule has 1 aliphatic rings. The quantitative estimate of drug-likeness (QED) is 0.367. The number of benzene rings is 3. The molecule has 3 heteroatoms. The van der Waals surface area contributed by atoms with Gasteiger partial charge in [-0.15, -0.1) is 0 Å². The number of rotatable bonds is 5. The van der Waals surface area contributed by atoms with Crippen LogP contribution >= 0.6 is 11.8 Å². The van der Waals surface area contributed by atoms with Crippen LogP contribution in [0.25, 0.3) is 21.9 Å².